The van der Waals surface area contributed by atoms with Gasteiger partial charge >= 0.3 is 5.97 Å². The van der Waals surface area contributed by atoms with Gasteiger partial charge in [0.15, 0.2) is 5.76 Å². The zero-order chi connectivity index (χ0) is 12.2. The van der Waals surface area contributed by atoms with Crippen LogP contribution >= 0.6 is 0 Å². The van der Waals surface area contributed by atoms with Crippen LogP contribution < -0.4 is 0 Å². The van der Waals surface area contributed by atoms with Gasteiger partial charge in [-0.25, -0.2) is 4.79 Å². The summed E-state index contributed by atoms with van der Waals surface area (Å²) in [5, 5.41) is 18.9. The number of hydrogen-bond donors (Lipinski definition) is 2. The normalized spacial score (nSPS) is 17.6. The summed E-state index contributed by atoms with van der Waals surface area (Å²) in [5.74, 6) is -0.797. The van der Waals surface area contributed by atoms with Gasteiger partial charge in [-0.3, -0.25) is 0 Å². The molecule has 2 aromatic rings. The third-order valence-corrected chi connectivity index (χ3v) is 3.12. The number of hydrogen-bond acceptors (Lipinski definition) is 3. The number of aliphatic hydroxyl groups excluding tert-OH is 1. The van der Waals surface area contributed by atoms with Crippen molar-refractivity contribution < 1.29 is 19.4 Å². The largest absolute Gasteiger partial charge is 0.475 e. The lowest BCUT2D eigenvalue weighted by atomic mass is 9.93. The lowest BCUT2D eigenvalue weighted by Crippen LogP contribution is -2.09. The van der Waals surface area contributed by atoms with Crippen LogP contribution in [0.25, 0.3) is 11.5 Å². The van der Waals surface area contributed by atoms with E-state index in [-0.39, 0.29) is 5.76 Å². The maximum Gasteiger partial charge on any atom is 0.371 e. The van der Waals surface area contributed by atoms with Crippen LogP contribution in [0.1, 0.15) is 27.8 Å². The summed E-state index contributed by atoms with van der Waals surface area (Å²) in [6.07, 6.45) is 1.66. The fourth-order valence-electron chi connectivity index (χ4n) is 2.31. The van der Waals surface area contributed by atoms with Gasteiger partial charge in [-0.2, -0.15) is 0 Å². The van der Waals surface area contributed by atoms with Crippen LogP contribution in [0, 0.1) is 0 Å². The highest BCUT2D eigenvalue weighted by molar-refractivity contribution is 5.86. The molecule has 88 valence electrons. The van der Waals surface area contributed by atoms with Crippen molar-refractivity contribution in [3.8, 4) is 11.5 Å². The first-order chi connectivity index (χ1) is 8.08. The molecule has 1 aliphatic carbocycles. The lowest BCUT2D eigenvalue weighted by molar-refractivity contribution is 0.0663. The SMILES string of the molecule is Cn1ccc2c1-c1oc(C(=O)O)cc1C(O)C2. The molecule has 0 spiro atoms. The lowest BCUT2D eigenvalue weighted by Gasteiger charge is -2.17. The first-order valence-corrected chi connectivity index (χ1v) is 5.27. The first kappa shape index (κ1) is 10.2. The van der Waals surface area contributed by atoms with Crippen molar-refractivity contribution in [1.82, 2.24) is 4.57 Å². The number of fused-ring (bicyclic) bond motifs is 3. The second-order valence-electron chi connectivity index (χ2n) is 4.22. The van der Waals surface area contributed by atoms with Gasteiger partial charge in [0, 0.05) is 25.2 Å². The van der Waals surface area contributed by atoms with E-state index in [1.807, 2.05) is 23.9 Å². The van der Waals surface area contributed by atoms with Crippen LogP contribution in [0.2, 0.25) is 0 Å². The number of rotatable bonds is 1. The second-order valence-corrected chi connectivity index (χ2v) is 4.22. The number of aryl methyl sites for hydroxylation is 1. The van der Waals surface area contributed by atoms with Gasteiger partial charge < -0.3 is 19.2 Å². The quantitative estimate of drug-likeness (QED) is 0.784. The van der Waals surface area contributed by atoms with Gasteiger partial charge in [0.25, 0.3) is 0 Å². The molecule has 1 unspecified atom stereocenters. The molecule has 0 radical (unpaired) electrons. The van der Waals surface area contributed by atoms with E-state index in [4.69, 9.17) is 9.52 Å². The molecule has 1 atom stereocenters. The van der Waals surface area contributed by atoms with E-state index in [1.54, 1.807) is 0 Å². The fraction of sp³-hybridized carbons (Fsp3) is 0.250. The minimum absolute atomic E-state index is 0.136. The number of aromatic nitrogens is 1. The van der Waals surface area contributed by atoms with E-state index < -0.39 is 12.1 Å². The number of nitrogens with zero attached hydrogens (tertiary/aromatic N) is 1. The zero-order valence-corrected chi connectivity index (χ0v) is 9.17. The number of aliphatic hydroxyl groups is 1. The van der Waals surface area contributed by atoms with Gasteiger partial charge in [-0.15, -0.1) is 0 Å². The summed E-state index contributed by atoms with van der Waals surface area (Å²) in [6.45, 7) is 0. The maximum atomic E-state index is 10.9. The molecule has 0 amide bonds. The molecule has 5 heteroatoms. The summed E-state index contributed by atoms with van der Waals surface area (Å²) in [5.41, 5.74) is 2.37. The molecule has 0 aromatic carbocycles. The molecule has 0 aliphatic heterocycles. The number of carbonyl (C=O) groups is 1. The molecule has 2 heterocycles. The first-order valence-electron chi connectivity index (χ1n) is 5.27. The number of furan rings is 1. The van der Waals surface area contributed by atoms with Crippen LogP contribution in [-0.4, -0.2) is 20.7 Å². The van der Waals surface area contributed by atoms with Crippen LogP contribution in [0.15, 0.2) is 22.7 Å². The van der Waals surface area contributed by atoms with E-state index in [0.29, 0.717) is 17.7 Å². The van der Waals surface area contributed by atoms with Crippen molar-refractivity contribution >= 4 is 5.97 Å². The van der Waals surface area contributed by atoms with Crippen LogP contribution in [-0.2, 0) is 13.5 Å². The van der Waals surface area contributed by atoms with Gasteiger partial charge in [0.2, 0.25) is 5.76 Å². The Kier molecular flexibility index (Phi) is 1.94. The highest BCUT2D eigenvalue weighted by atomic mass is 16.4. The monoisotopic (exact) mass is 233 g/mol. The van der Waals surface area contributed by atoms with Crippen molar-refractivity contribution in [2.24, 2.45) is 7.05 Å². The van der Waals surface area contributed by atoms with Gasteiger partial charge in [-0.05, 0) is 17.7 Å². The second kappa shape index (κ2) is 3.24. The van der Waals surface area contributed by atoms with Gasteiger partial charge in [0.05, 0.1) is 11.8 Å². The van der Waals surface area contributed by atoms with Gasteiger partial charge in [-0.1, -0.05) is 0 Å². The highest BCUT2D eigenvalue weighted by Gasteiger charge is 2.30. The highest BCUT2D eigenvalue weighted by Crippen LogP contribution is 2.40. The molecule has 0 bridgehead atoms. The Bertz CT molecular complexity index is 608. The van der Waals surface area contributed by atoms with Crippen molar-refractivity contribution in [1.29, 1.82) is 0 Å². The van der Waals surface area contributed by atoms with E-state index in [1.165, 1.54) is 6.07 Å². The predicted molar refractivity (Wildman–Crippen MR) is 58.7 cm³/mol. The summed E-state index contributed by atoms with van der Waals surface area (Å²) in [4.78, 5) is 10.9. The molecular formula is C12H11NO4. The fourth-order valence-corrected chi connectivity index (χ4v) is 2.31. The number of carboxylic acid groups (broad SMARTS) is 1. The average Bonchev–Trinajstić information content (AvgIpc) is 2.83. The molecule has 1 aliphatic rings. The summed E-state index contributed by atoms with van der Waals surface area (Å²) in [6, 6.07) is 3.31. The standard InChI is InChI=1S/C12H11NO4/c1-13-3-2-6-4-8(14)7-5-9(12(15)16)17-11(7)10(6)13/h2-3,5,8,14H,4H2,1H3,(H,15,16). The Morgan fingerprint density at radius 1 is 1.59 bits per heavy atom. The van der Waals surface area contributed by atoms with E-state index >= 15 is 0 Å². The number of carboxylic acids is 1. The third-order valence-electron chi connectivity index (χ3n) is 3.12. The Morgan fingerprint density at radius 3 is 3.06 bits per heavy atom. The predicted octanol–water partition coefficient (Wildman–Crippen LogP) is 1.57. The third kappa shape index (κ3) is 1.32. The summed E-state index contributed by atoms with van der Waals surface area (Å²) in [7, 11) is 1.86. The smallest absolute Gasteiger partial charge is 0.371 e. The maximum absolute atomic E-state index is 10.9. The Labute approximate surface area is 96.9 Å². The van der Waals surface area contributed by atoms with Gasteiger partial charge in [0.1, 0.15) is 0 Å². The van der Waals surface area contributed by atoms with Crippen molar-refractivity contribution in [2.75, 3.05) is 0 Å². The Morgan fingerprint density at radius 2 is 2.35 bits per heavy atom. The summed E-state index contributed by atoms with van der Waals surface area (Å²) >= 11 is 0. The molecule has 17 heavy (non-hydrogen) atoms. The van der Waals surface area contributed by atoms with Crippen molar-refractivity contribution in [3.63, 3.8) is 0 Å². The van der Waals surface area contributed by atoms with Crippen molar-refractivity contribution in [3.05, 3.63) is 35.2 Å². The van der Waals surface area contributed by atoms with E-state index in [2.05, 4.69) is 0 Å². The average molecular weight is 233 g/mol. The molecule has 0 saturated carbocycles. The summed E-state index contributed by atoms with van der Waals surface area (Å²) < 4.78 is 7.19. The van der Waals surface area contributed by atoms with E-state index in [0.717, 1.165) is 11.3 Å². The molecule has 2 N–H and O–H groups in total. The molecule has 0 fully saturated rings. The molecular weight excluding hydrogens is 222 g/mol. The number of aromatic carboxylic acids is 1. The van der Waals surface area contributed by atoms with Crippen LogP contribution in [0.5, 0.6) is 0 Å². The minimum Gasteiger partial charge on any atom is -0.475 e. The Balaban J connectivity index is 2.26. The topological polar surface area (TPSA) is 75.6 Å². The van der Waals surface area contributed by atoms with Crippen LogP contribution in [0.3, 0.4) is 0 Å². The molecule has 3 rings (SSSR count). The van der Waals surface area contributed by atoms with Crippen molar-refractivity contribution in [2.45, 2.75) is 12.5 Å². The molecule has 5 nitrogen and oxygen atoms in total. The van der Waals surface area contributed by atoms with E-state index in [9.17, 15) is 9.90 Å². The molecule has 2 aromatic heterocycles. The molecule has 0 saturated heterocycles. The zero-order valence-electron chi connectivity index (χ0n) is 9.17. The van der Waals surface area contributed by atoms with Crippen LogP contribution in [0.4, 0.5) is 0 Å². The Hall–Kier alpha value is -2.01. The minimum atomic E-state index is -1.12.